The van der Waals surface area contributed by atoms with Gasteiger partial charge in [-0.2, -0.15) is 4.37 Å². The molecule has 5 nitrogen and oxygen atoms in total. The van der Waals surface area contributed by atoms with E-state index < -0.39 is 0 Å². The number of aryl methyl sites for hydroxylation is 1. The fourth-order valence-corrected chi connectivity index (χ4v) is 1.37. The Morgan fingerprint density at radius 1 is 1.75 bits per heavy atom. The van der Waals surface area contributed by atoms with Crippen LogP contribution in [0.15, 0.2) is 0 Å². The minimum atomic E-state index is -0.370. The Kier molecular flexibility index (Phi) is 2.59. The van der Waals surface area contributed by atoms with Gasteiger partial charge in [-0.15, -0.1) is 0 Å². The zero-order chi connectivity index (χ0) is 9.14. The van der Waals surface area contributed by atoms with Crippen molar-refractivity contribution in [3.8, 4) is 0 Å². The third-order valence-corrected chi connectivity index (χ3v) is 2.16. The summed E-state index contributed by atoms with van der Waals surface area (Å²) in [6.07, 6.45) is 0. The highest BCUT2D eigenvalue weighted by atomic mass is 32.1. The number of aromatic nitrogens is 2. The summed E-state index contributed by atoms with van der Waals surface area (Å²) in [5.74, 6) is 0.344. The van der Waals surface area contributed by atoms with Crippen LogP contribution in [0.5, 0.6) is 0 Å². The Hall–Kier alpha value is -1.17. The van der Waals surface area contributed by atoms with Crippen LogP contribution in [-0.2, 0) is 4.79 Å². The Morgan fingerprint density at radius 3 is 2.83 bits per heavy atom. The molecule has 2 N–H and O–H groups in total. The first-order valence-electron chi connectivity index (χ1n) is 3.39. The highest BCUT2D eigenvalue weighted by molar-refractivity contribution is 7.09. The summed E-state index contributed by atoms with van der Waals surface area (Å²) in [5, 5.41) is 0.714. The van der Waals surface area contributed by atoms with Gasteiger partial charge in [0.25, 0.3) is 0 Å². The monoisotopic (exact) mass is 186 g/mol. The van der Waals surface area contributed by atoms with Crippen LogP contribution in [0.2, 0.25) is 0 Å². The zero-order valence-electron chi connectivity index (χ0n) is 6.94. The average Bonchev–Trinajstić information content (AvgIpc) is 2.34. The largest absolute Gasteiger partial charge is 0.368 e. The second-order valence-electron chi connectivity index (χ2n) is 2.45. The number of hydrogen-bond acceptors (Lipinski definition) is 5. The van der Waals surface area contributed by atoms with Crippen molar-refractivity contribution in [3.63, 3.8) is 0 Å². The van der Waals surface area contributed by atoms with Crippen LogP contribution in [0.4, 0.5) is 5.13 Å². The summed E-state index contributed by atoms with van der Waals surface area (Å²) >= 11 is 1.26. The SMILES string of the molecule is Cc1nsc(N(C)CC(N)=O)n1. The van der Waals surface area contributed by atoms with E-state index >= 15 is 0 Å². The molecule has 0 aliphatic rings. The van der Waals surface area contributed by atoms with E-state index in [1.807, 2.05) is 0 Å². The lowest BCUT2D eigenvalue weighted by molar-refractivity contribution is -0.116. The Morgan fingerprint density at radius 2 is 2.42 bits per heavy atom. The van der Waals surface area contributed by atoms with Crippen molar-refractivity contribution < 1.29 is 4.79 Å². The second kappa shape index (κ2) is 3.48. The van der Waals surface area contributed by atoms with Crippen molar-refractivity contribution in [2.24, 2.45) is 5.73 Å². The summed E-state index contributed by atoms with van der Waals surface area (Å²) < 4.78 is 3.98. The maximum Gasteiger partial charge on any atom is 0.237 e. The molecule has 0 aliphatic heterocycles. The van der Waals surface area contributed by atoms with Crippen LogP contribution < -0.4 is 10.6 Å². The third-order valence-electron chi connectivity index (χ3n) is 1.24. The van der Waals surface area contributed by atoms with Gasteiger partial charge in [-0.05, 0) is 6.92 Å². The predicted molar refractivity (Wildman–Crippen MR) is 47.1 cm³/mol. The van der Waals surface area contributed by atoms with Crippen molar-refractivity contribution in [3.05, 3.63) is 5.82 Å². The molecule has 6 heteroatoms. The number of carbonyl (C=O) groups is 1. The molecule has 0 aliphatic carbocycles. The molecule has 1 rings (SSSR count). The van der Waals surface area contributed by atoms with Crippen LogP contribution >= 0.6 is 11.5 Å². The topological polar surface area (TPSA) is 72.1 Å². The number of amides is 1. The molecule has 0 fully saturated rings. The van der Waals surface area contributed by atoms with Gasteiger partial charge in [-0.1, -0.05) is 0 Å². The van der Waals surface area contributed by atoms with E-state index in [0.717, 1.165) is 0 Å². The van der Waals surface area contributed by atoms with Crippen LogP contribution in [0.1, 0.15) is 5.82 Å². The number of rotatable bonds is 3. The molecule has 0 unspecified atom stereocenters. The van der Waals surface area contributed by atoms with Crippen molar-refractivity contribution in [1.29, 1.82) is 0 Å². The highest BCUT2D eigenvalue weighted by Crippen LogP contribution is 2.13. The molecular formula is C6H10N4OS. The number of anilines is 1. The molecule has 1 aromatic heterocycles. The number of hydrogen-bond donors (Lipinski definition) is 1. The Balaban J connectivity index is 2.64. The molecule has 0 bridgehead atoms. The number of primary amides is 1. The van der Waals surface area contributed by atoms with Gasteiger partial charge >= 0.3 is 0 Å². The van der Waals surface area contributed by atoms with E-state index in [4.69, 9.17) is 5.73 Å². The van der Waals surface area contributed by atoms with Gasteiger partial charge < -0.3 is 10.6 Å². The summed E-state index contributed by atoms with van der Waals surface area (Å²) in [5.41, 5.74) is 5.01. The van der Waals surface area contributed by atoms with Gasteiger partial charge in [-0.3, -0.25) is 4.79 Å². The molecule has 1 amide bonds. The van der Waals surface area contributed by atoms with Gasteiger partial charge in [0.15, 0.2) is 0 Å². The lowest BCUT2D eigenvalue weighted by atomic mass is 10.6. The van der Waals surface area contributed by atoms with Crippen LogP contribution in [-0.4, -0.2) is 28.9 Å². The predicted octanol–water partition coefficient (Wildman–Crippen LogP) is -0.232. The number of nitrogens with two attached hydrogens (primary N) is 1. The lowest BCUT2D eigenvalue weighted by Gasteiger charge is -2.11. The molecule has 0 atom stereocenters. The fourth-order valence-electron chi connectivity index (χ4n) is 0.743. The molecular weight excluding hydrogens is 176 g/mol. The van der Waals surface area contributed by atoms with Crippen molar-refractivity contribution in [2.45, 2.75) is 6.92 Å². The first-order valence-corrected chi connectivity index (χ1v) is 4.16. The normalized spacial score (nSPS) is 9.83. The molecule has 0 saturated heterocycles. The molecule has 0 spiro atoms. The van der Waals surface area contributed by atoms with Crippen molar-refractivity contribution >= 4 is 22.6 Å². The van der Waals surface area contributed by atoms with Crippen molar-refractivity contribution in [2.75, 3.05) is 18.5 Å². The fraction of sp³-hybridized carbons (Fsp3) is 0.500. The number of nitrogens with zero attached hydrogens (tertiary/aromatic N) is 3. The average molecular weight is 186 g/mol. The zero-order valence-corrected chi connectivity index (χ0v) is 7.76. The van der Waals surface area contributed by atoms with Crippen LogP contribution in [0.3, 0.4) is 0 Å². The Labute approximate surface area is 74.4 Å². The molecule has 0 aromatic carbocycles. The van der Waals surface area contributed by atoms with Gasteiger partial charge in [-0.25, -0.2) is 4.98 Å². The van der Waals surface area contributed by atoms with Crippen molar-refractivity contribution in [1.82, 2.24) is 9.36 Å². The third kappa shape index (κ3) is 2.16. The smallest absolute Gasteiger partial charge is 0.237 e. The minimum Gasteiger partial charge on any atom is -0.368 e. The number of likely N-dealkylation sites (N-methyl/N-ethyl adjacent to an activating group) is 1. The molecule has 0 radical (unpaired) electrons. The standard InChI is InChI=1S/C6H10N4OS/c1-4-8-6(12-9-4)10(2)3-5(7)11/h3H2,1-2H3,(H2,7,11). The Bertz CT molecular complexity index is 285. The van der Waals surface area contributed by atoms with Gasteiger partial charge in [0.2, 0.25) is 11.0 Å². The van der Waals surface area contributed by atoms with Crippen LogP contribution in [0, 0.1) is 6.92 Å². The summed E-state index contributed by atoms with van der Waals surface area (Å²) in [4.78, 5) is 16.3. The number of carbonyl (C=O) groups excluding carboxylic acids is 1. The first kappa shape index (κ1) is 8.92. The van der Waals surface area contributed by atoms with Gasteiger partial charge in [0.05, 0.1) is 6.54 Å². The van der Waals surface area contributed by atoms with E-state index in [9.17, 15) is 4.79 Å². The highest BCUT2D eigenvalue weighted by Gasteiger charge is 2.07. The first-order chi connectivity index (χ1) is 5.59. The molecule has 0 saturated carbocycles. The maximum absolute atomic E-state index is 10.5. The lowest BCUT2D eigenvalue weighted by Crippen LogP contribution is -2.30. The van der Waals surface area contributed by atoms with E-state index in [-0.39, 0.29) is 12.5 Å². The molecule has 1 heterocycles. The van der Waals surface area contributed by atoms with E-state index in [2.05, 4.69) is 9.36 Å². The quantitative estimate of drug-likeness (QED) is 0.707. The van der Waals surface area contributed by atoms with E-state index in [0.29, 0.717) is 11.0 Å². The maximum atomic E-state index is 10.5. The molecule has 1 aromatic rings. The van der Waals surface area contributed by atoms with Crippen LogP contribution in [0.25, 0.3) is 0 Å². The molecule has 12 heavy (non-hydrogen) atoms. The summed E-state index contributed by atoms with van der Waals surface area (Å²) in [6, 6.07) is 0. The molecule has 66 valence electrons. The van der Waals surface area contributed by atoms with E-state index in [1.54, 1.807) is 18.9 Å². The van der Waals surface area contributed by atoms with E-state index in [1.165, 1.54) is 11.5 Å². The van der Waals surface area contributed by atoms with Gasteiger partial charge in [0.1, 0.15) is 5.82 Å². The second-order valence-corrected chi connectivity index (χ2v) is 3.18. The van der Waals surface area contributed by atoms with Gasteiger partial charge in [0, 0.05) is 18.6 Å². The minimum absolute atomic E-state index is 0.175. The summed E-state index contributed by atoms with van der Waals surface area (Å²) in [6.45, 7) is 1.98. The summed E-state index contributed by atoms with van der Waals surface area (Å²) in [7, 11) is 1.75.